The smallest absolute Gasteiger partial charge is 0.373 e. The summed E-state index contributed by atoms with van der Waals surface area (Å²) in [6.45, 7) is 0.157. The zero-order valence-corrected chi connectivity index (χ0v) is 13.1. The lowest BCUT2D eigenvalue weighted by atomic mass is 10.2. The molecular weight excluding hydrogens is 318 g/mol. The van der Waals surface area contributed by atoms with E-state index in [-0.39, 0.29) is 17.5 Å². The van der Waals surface area contributed by atoms with E-state index in [9.17, 15) is 4.79 Å². The van der Waals surface area contributed by atoms with Crippen molar-refractivity contribution in [1.29, 1.82) is 0 Å². The van der Waals surface area contributed by atoms with Gasteiger partial charge in [-0.15, -0.1) is 0 Å². The molecule has 0 amide bonds. The fraction of sp³-hybridized carbons (Fsp3) is 0.133. The first kappa shape index (κ1) is 16.5. The van der Waals surface area contributed by atoms with Crippen molar-refractivity contribution in [3.63, 3.8) is 0 Å². The number of hydrazone groups is 1. The quantitative estimate of drug-likeness (QED) is 0.360. The van der Waals surface area contributed by atoms with Crippen molar-refractivity contribution in [2.75, 3.05) is 7.11 Å². The van der Waals surface area contributed by atoms with Gasteiger partial charge >= 0.3 is 5.97 Å². The fourth-order valence-corrected chi connectivity index (χ4v) is 1.75. The van der Waals surface area contributed by atoms with E-state index in [1.807, 2.05) is 18.2 Å². The molecule has 0 saturated carbocycles. The zero-order valence-electron chi connectivity index (χ0n) is 12.3. The van der Waals surface area contributed by atoms with Gasteiger partial charge in [-0.3, -0.25) is 5.43 Å². The molecule has 8 heteroatoms. The average Bonchev–Trinajstić information content (AvgIpc) is 3.02. The maximum atomic E-state index is 11.3. The Kier molecular flexibility index (Phi) is 5.70. The van der Waals surface area contributed by atoms with Crippen LogP contribution in [0.2, 0.25) is 0 Å². The highest BCUT2D eigenvalue weighted by Crippen LogP contribution is 2.18. The summed E-state index contributed by atoms with van der Waals surface area (Å²) in [6.07, 6.45) is 1.54. The van der Waals surface area contributed by atoms with Gasteiger partial charge in [-0.25, -0.2) is 4.79 Å². The summed E-state index contributed by atoms with van der Waals surface area (Å²) in [4.78, 5) is 11.3. The van der Waals surface area contributed by atoms with E-state index in [0.29, 0.717) is 11.5 Å². The standard InChI is InChI=1S/C15H15N3O4S/c1-20-14(19)13-7-6-11(22-13)9-21-12-5-3-2-4-10(12)8-17-18-15(16)23/h2-8H,9H2,1H3,(H3,16,18,23). The highest BCUT2D eigenvalue weighted by atomic mass is 32.1. The topological polar surface area (TPSA) is 99.1 Å². The maximum absolute atomic E-state index is 11.3. The fourth-order valence-electron chi connectivity index (χ4n) is 1.70. The predicted molar refractivity (Wildman–Crippen MR) is 88.3 cm³/mol. The average molecular weight is 333 g/mol. The van der Waals surface area contributed by atoms with Crippen LogP contribution in [0.4, 0.5) is 0 Å². The number of hydrogen-bond donors (Lipinski definition) is 2. The van der Waals surface area contributed by atoms with Gasteiger partial charge in [0.25, 0.3) is 0 Å². The van der Waals surface area contributed by atoms with Crippen LogP contribution in [-0.2, 0) is 11.3 Å². The van der Waals surface area contributed by atoms with E-state index in [1.54, 1.807) is 12.1 Å². The molecule has 2 rings (SSSR count). The predicted octanol–water partition coefficient (Wildman–Crippen LogP) is 1.81. The van der Waals surface area contributed by atoms with E-state index in [4.69, 9.17) is 14.9 Å². The van der Waals surface area contributed by atoms with Crippen molar-refractivity contribution in [3.05, 3.63) is 53.5 Å². The Balaban J connectivity index is 2.03. The van der Waals surface area contributed by atoms with Crippen molar-refractivity contribution in [3.8, 4) is 5.75 Å². The molecular formula is C15H15N3O4S. The van der Waals surface area contributed by atoms with Crippen LogP contribution in [-0.4, -0.2) is 24.4 Å². The molecule has 7 nitrogen and oxygen atoms in total. The Hall–Kier alpha value is -2.87. The number of para-hydroxylation sites is 1. The molecule has 0 bridgehead atoms. The number of nitrogens with one attached hydrogen (secondary N) is 1. The molecule has 23 heavy (non-hydrogen) atoms. The Morgan fingerprint density at radius 2 is 2.17 bits per heavy atom. The first-order chi connectivity index (χ1) is 11.1. The number of nitrogens with two attached hydrogens (primary N) is 1. The molecule has 0 atom stereocenters. The molecule has 1 aromatic carbocycles. The molecule has 0 aliphatic rings. The Morgan fingerprint density at radius 3 is 2.91 bits per heavy atom. The van der Waals surface area contributed by atoms with Gasteiger partial charge in [0.15, 0.2) is 5.11 Å². The van der Waals surface area contributed by atoms with Crippen LogP contribution in [0.1, 0.15) is 21.9 Å². The Morgan fingerprint density at radius 1 is 1.39 bits per heavy atom. The molecule has 120 valence electrons. The summed E-state index contributed by atoms with van der Waals surface area (Å²) in [5.74, 6) is 0.685. The molecule has 1 heterocycles. The van der Waals surface area contributed by atoms with Crippen LogP contribution in [0.15, 0.2) is 45.9 Å². The molecule has 0 radical (unpaired) electrons. The second kappa shape index (κ2) is 7.95. The molecule has 3 N–H and O–H groups in total. The Labute approximate surface area is 138 Å². The molecule has 0 fully saturated rings. The van der Waals surface area contributed by atoms with Crippen LogP contribution in [0.3, 0.4) is 0 Å². The number of esters is 1. The summed E-state index contributed by atoms with van der Waals surface area (Å²) in [5, 5.41) is 3.96. The van der Waals surface area contributed by atoms with E-state index in [1.165, 1.54) is 19.4 Å². The molecule has 0 aliphatic carbocycles. The van der Waals surface area contributed by atoms with Gasteiger partial charge in [-0.2, -0.15) is 5.10 Å². The third-order valence-electron chi connectivity index (χ3n) is 2.72. The number of nitrogens with zero attached hydrogens (tertiary/aromatic N) is 1. The lowest BCUT2D eigenvalue weighted by molar-refractivity contribution is 0.0561. The monoisotopic (exact) mass is 333 g/mol. The molecule has 0 saturated heterocycles. The first-order valence-electron chi connectivity index (χ1n) is 6.57. The number of methoxy groups -OCH3 is 1. The van der Waals surface area contributed by atoms with Crippen LogP contribution >= 0.6 is 12.2 Å². The summed E-state index contributed by atoms with van der Waals surface area (Å²) >= 11 is 4.66. The minimum atomic E-state index is -0.535. The Bertz CT molecular complexity index is 727. The van der Waals surface area contributed by atoms with Gasteiger partial charge in [0.1, 0.15) is 18.1 Å². The van der Waals surface area contributed by atoms with E-state index < -0.39 is 5.97 Å². The third-order valence-corrected chi connectivity index (χ3v) is 2.81. The van der Waals surface area contributed by atoms with Crippen molar-refractivity contribution in [1.82, 2.24) is 5.43 Å². The molecule has 1 aromatic heterocycles. The minimum Gasteiger partial charge on any atom is -0.485 e. The second-order valence-corrected chi connectivity index (χ2v) is 4.76. The van der Waals surface area contributed by atoms with Gasteiger partial charge in [-0.05, 0) is 36.5 Å². The number of thiocarbonyl (C=S) groups is 1. The number of ether oxygens (including phenoxy) is 2. The van der Waals surface area contributed by atoms with E-state index >= 15 is 0 Å². The molecule has 0 unspecified atom stereocenters. The second-order valence-electron chi connectivity index (χ2n) is 4.32. The van der Waals surface area contributed by atoms with Gasteiger partial charge in [0.2, 0.25) is 5.76 Å². The summed E-state index contributed by atoms with van der Waals surface area (Å²) in [5.41, 5.74) is 8.50. The lowest BCUT2D eigenvalue weighted by Crippen LogP contribution is -2.24. The van der Waals surface area contributed by atoms with Crippen LogP contribution in [0.25, 0.3) is 0 Å². The van der Waals surface area contributed by atoms with Gasteiger partial charge in [0, 0.05) is 5.56 Å². The molecule has 0 spiro atoms. The molecule has 0 aliphatic heterocycles. The highest BCUT2D eigenvalue weighted by Gasteiger charge is 2.11. The SMILES string of the molecule is COC(=O)c1ccc(COc2ccccc2C=NNC(N)=S)o1. The normalized spacial score (nSPS) is 10.5. The van der Waals surface area contributed by atoms with Gasteiger partial charge in [0.05, 0.1) is 13.3 Å². The maximum Gasteiger partial charge on any atom is 0.373 e. The number of carbonyl (C=O) groups excluding carboxylic acids is 1. The van der Waals surface area contributed by atoms with Crippen LogP contribution in [0.5, 0.6) is 5.75 Å². The number of hydrogen-bond acceptors (Lipinski definition) is 6. The van der Waals surface area contributed by atoms with Crippen molar-refractivity contribution < 1.29 is 18.7 Å². The van der Waals surface area contributed by atoms with Crippen LogP contribution in [0, 0.1) is 0 Å². The number of carbonyl (C=O) groups is 1. The van der Waals surface area contributed by atoms with Gasteiger partial charge in [-0.1, -0.05) is 12.1 Å². The minimum absolute atomic E-state index is 0.0746. The first-order valence-corrected chi connectivity index (χ1v) is 6.98. The third kappa shape index (κ3) is 4.82. The lowest BCUT2D eigenvalue weighted by Gasteiger charge is -2.07. The van der Waals surface area contributed by atoms with Crippen molar-refractivity contribution in [2.45, 2.75) is 6.61 Å². The molecule has 2 aromatic rings. The van der Waals surface area contributed by atoms with Crippen LogP contribution < -0.4 is 15.9 Å². The number of furan rings is 1. The zero-order chi connectivity index (χ0) is 16.7. The number of benzene rings is 1. The van der Waals surface area contributed by atoms with E-state index in [0.717, 1.165) is 5.56 Å². The summed E-state index contributed by atoms with van der Waals surface area (Å²) in [6, 6.07) is 10.5. The largest absolute Gasteiger partial charge is 0.485 e. The van der Waals surface area contributed by atoms with E-state index in [2.05, 4.69) is 27.5 Å². The van der Waals surface area contributed by atoms with Gasteiger partial charge < -0.3 is 19.6 Å². The summed E-state index contributed by atoms with van der Waals surface area (Å²) in [7, 11) is 1.29. The van der Waals surface area contributed by atoms with Crippen molar-refractivity contribution >= 4 is 29.5 Å². The number of rotatable bonds is 6. The highest BCUT2D eigenvalue weighted by molar-refractivity contribution is 7.80. The summed E-state index contributed by atoms with van der Waals surface area (Å²) < 4.78 is 15.6. The van der Waals surface area contributed by atoms with Crippen molar-refractivity contribution in [2.24, 2.45) is 10.8 Å².